The Bertz CT molecular complexity index is 1220. The van der Waals surface area contributed by atoms with Crippen LogP contribution in [0.5, 0.6) is 0 Å². The van der Waals surface area contributed by atoms with E-state index in [1.807, 2.05) is 6.20 Å². The fourth-order valence-electron chi connectivity index (χ4n) is 6.56. The lowest BCUT2D eigenvalue weighted by Gasteiger charge is -2.45. The van der Waals surface area contributed by atoms with Crippen molar-refractivity contribution in [1.82, 2.24) is 29.1 Å². The molecular formula is C27H35N7O. The Kier molecular flexibility index (Phi) is 5.50. The van der Waals surface area contributed by atoms with Gasteiger partial charge in [0.15, 0.2) is 0 Å². The zero-order chi connectivity index (χ0) is 23.4. The minimum atomic E-state index is 0.252. The third-order valence-electron chi connectivity index (χ3n) is 8.47. The first kappa shape index (κ1) is 21.7. The molecule has 184 valence electrons. The molecule has 35 heavy (non-hydrogen) atoms. The molecule has 2 atom stereocenters. The van der Waals surface area contributed by atoms with E-state index < -0.39 is 0 Å². The van der Waals surface area contributed by atoms with Gasteiger partial charge in [-0.1, -0.05) is 12.1 Å². The zero-order valence-electron chi connectivity index (χ0n) is 20.6. The summed E-state index contributed by atoms with van der Waals surface area (Å²) in [6.45, 7) is 8.54. The molecule has 6 heterocycles. The van der Waals surface area contributed by atoms with E-state index in [4.69, 9.17) is 14.7 Å². The van der Waals surface area contributed by atoms with E-state index >= 15 is 0 Å². The number of anilines is 1. The molecule has 0 radical (unpaired) electrons. The van der Waals surface area contributed by atoms with Crippen molar-refractivity contribution in [2.45, 2.75) is 44.6 Å². The normalized spacial score (nSPS) is 26.3. The Morgan fingerprint density at radius 3 is 2.83 bits per heavy atom. The highest BCUT2D eigenvalue weighted by atomic mass is 16.5. The van der Waals surface area contributed by atoms with Gasteiger partial charge in [0, 0.05) is 52.0 Å². The number of imidazole rings is 1. The SMILES string of the molecule is CN1CCN(c2cccc3nc4c(n23)CN2CCOCC2N([C@H]2CCCc3cccnc32)C4)CC1. The molecule has 1 aliphatic carbocycles. The van der Waals surface area contributed by atoms with E-state index in [2.05, 4.69) is 61.4 Å². The highest BCUT2D eigenvalue weighted by Crippen LogP contribution is 2.39. The number of likely N-dealkylation sites (N-methyl/N-ethyl adjacent to an activating group) is 1. The number of pyridine rings is 2. The predicted molar refractivity (Wildman–Crippen MR) is 135 cm³/mol. The topological polar surface area (TPSA) is 52.4 Å². The van der Waals surface area contributed by atoms with Crippen molar-refractivity contribution >= 4 is 11.5 Å². The fraction of sp³-hybridized carbons (Fsp3) is 0.556. The van der Waals surface area contributed by atoms with E-state index in [1.165, 1.54) is 34.9 Å². The van der Waals surface area contributed by atoms with Crippen molar-refractivity contribution in [3.05, 3.63) is 59.2 Å². The van der Waals surface area contributed by atoms with Crippen LogP contribution in [0, 0.1) is 0 Å². The standard InChI is InChI=1S/C27H35N7O/c1-30-11-13-31(14-12-30)25-9-3-8-24-29-21-17-33(22-7-2-5-20-6-4-10-28-27(20)22)26-19-35-16-15-32(26)18-23(21)34(24)25/h3-4,6,8-10,22,26H,2,5,7,11-19H2,1H3/t22-,26?/m0/s1. The zero-order valence-corrected chi connectivity index (χ0v) is 20.6. The van der Waals surface area contributed by atoms with Crippen LogP contribution in [0.15, 0.2) is 36.5 Å². The maximum atomic E-state index is 6.05. The van der Waals surface area contributed by atoms with Crippen LogP contribution in [0.2, 0.25) is 0 Å². The minimum absolute atomic E-state index is 0.252. The summed E-state index contributed by atoms with van der Waals surface area (Å²) >= 11 is 0. The first-order valence-corrected chi connectivity index (χ1v) is 13.2. The Balaban J connectivity index is 1.32. The summed E-state index contributed by atoms with van der Waals surface area (Å²) in [5.41, 5.74) is 6.30. The van der Waals surface area contributed by atoms with E-state index in [1.54, 1.807) is 0 Å². The van der Waals surface area contributed by atoms with Crippen LogP contribution in [0.1, 0.15) is 41.5 Å². The molecule has 0 N–H and O–H groups in total. The lowest BCUT2D eigenvalue weighted by molar-refractivity contribution is -0.0964. The molecule has 8 nitrogen and oxygen atoms in total. The second-order valence-electron chi connectivity index (χ2n) is 10.5. The summed E-state index contributed by atoms with van der Waals surface area (Å²) in [5.74, 6) is 1.28. The summed E-state index contributed by atoms with van der Waals surface area (Å²) in [6, 6.07) is 11.3. The molecule has 0 amide bonds. The molecule has 4 aliphatic rings. The van der Waals surface area contributed by atoms with Gasteiger partial charge in [-0.15, -0.1) is 0 Å². The number of ether oxygens (including phenoxy) is 1. The molecule has 3 aromatic heterocycles. The Morgan fingerprint density at radius 2 is 1.91 bits per heavy atom. The summed E-state index contributed by atoms with van der Waals surface area (Å²) in [5, 5.41) is 0. The van der Waals surface area contributed by atoms with Crippen LogP contribution in [0.4, 0.5) is 5.82 Å². The summed E-state index contributed by atoms with van der Waals surface area (Å²) in [4.78, 5) is 20.4. The molecule has 0 spiro atoms. The molecule has 2 saturated heterocycles. The molecule has 8 heteroatoms. The molecule has 0 bridgehead atoms. The average molecular weight is 474 g/mol. The molecule has 7 rings (SSSR count). The summed E-state index contributed by atoms with van der Waals surface area (Å²) in [6.07, 6.45) is 5.69. The number of hydrogen-bond donors (Lipinski definition) is 0. The van der Waals surface area contributed by atoms with Gasteiger partial charge in [-0.3, -0.25) is 19.2 Å². The van der Waals surface area contributed by atoms with Gasteiger partial charge in [0.05, 0.1) is 42.5 Å². The minimum Gasteiger partial charge on any atom is -0.377 e. The second kappa shape index (κ2) is 8.85. The quantitative estimate of drug-likeness (QED) is 0.567. The van der Waals surface area contributed by atoms with Crippen LogP contribution in [0.25, 0.3) is 5.65 Å². The Labute approximate surface area is 207 Å². The van der Waals surface area contributed by atoms with E-state index in [0.717, 1.165) is 77.5 Å². The van der Waals surface area contributed by atoms with Gasteiger partial charge in [0.2, 0.25) is 0 Å². The monoisotopic (exact) mass is 473 g/mol. The van der Waals surface area contributed by atoms with Gasteiger partial charge in [0.1, 0.15) is 11.5 Å². The summed E-state index contributed by atoms with van der Waals surface area (Å²) < 4.78 is 8.50. The smallest absolute Gasteiger partial charge is 0.138 e. The van der Waals surface area contributed by atoms with Gasteiger partial charge in [0.25, 0.3) is 0 Å². The molecule has 3 aliphatic heterocycles. The van der Waals surface area contributed by atoms with Crippen molar-refractivity contribution in [3.63, 3.8) is 0 Å². The van der Waals surface area contributed by atoms with Gasteiger partial charge in [-0.25, -0.2) is 4.98 Å². The van der Waals surface area contributed by atoms with Gasteiger partial charge >= 0.3 is 0 Å². The number of morpholine rings is 1. The maximum Gasteiger partial charge on any atom is 0.138 e. The largest absolute Gasteiger partial charge is 0.377 e. The lowest BCUT2D eigenvalue weighted by Crippen LogP contribution is -2.54. The van der Waals surface area contributed by atoms with Crippen LogP contribution in [-0.4, -0.2) is 88.2 Å². The van der Waals surface area contributed by atoms with Gasteiger partial charge in [-0.05, 0) is 50.1 Å². The number of rotatable bonds is 2. The van der Waals surface area contributed by atoms with Crippen LogP contribution in [-0.2, 0) is 24.2 Å². The fourth-order valence-corrected chi connectivity index (χ4v) is 6.56. The average Bonchev–Trinajstić information content (AvgIpc) is 3.16. The van der Waals surface area contributed by atoms with Crippen LogP contribution in [0.3, 0.4) is 0 Å². The first-order valence-electron chi connectivity index (χ1n) is 13.2. The third-order valence-corrected chi connectivity index (χ3v) is 8.47. The lowest BCUT2D eigenvalue weighted by atomic mass is 9.90. The van der Waals surface area contributed by atoms with Crippen molar-refractivity contribution in [3.8, 4) is 0 Å². The number of aryl methyl sites for hydroxylation is 1. The van der Waals surface area contributed by atoms with Crippen molar-refractivity contribution in [1.29, 1.82) is 0 Å². The van der Waals surface area contributed by atoms with E-state index in [9.17, 15) is 0 Å². The molecule has 2 fully saturated rings. The number of hydrogen-bond acceptors (Lipinski definition) is 7. The molecule has 0 saturated carbocycles. The highest BCUT2D eigenvalue weighted by molar-refractivity contribution is 5.55. The van der Waals surface area contributed by atoms with Crippen LogP contribution >= 0.6 is 0 Å². The van der Waals surface area contributed by atoms with E-state index in [0.29, 0.717) is 6.04 Å². The second-order valence-corrected chi connectivity index (χ2v) is 10.5. The first-order chi connectivity index (χ1) is 17.3. The summed E-state index contributed by atoms with van der Waals surface area (Å²) in [7, 11) is 2.21. The molecule has 0 aromatic carbocycles. The number of nitrogens with zero attached hydrogens (tertiary/aromatic N) is 7. The predicted octanol–water partition coefficient (Wildman–Crippen LogP) is 2.53. The number of piperazine rings is 1. The molecule has 1 unspecified atom stereocenters. The maximum absolute atomic E-state index is 6.05. The van der Waals surface area contributed by atoms with Crippen LogP contribution < -0.4 is 4.90 Å². The van der Waals surface area contributed by atoms with Crippen molar-refractivity contribution in [2.24, 2.45) is 0 Å². The Hall–Kier alpha value is -2.52. The number of aromatic nitrogens is 3. The number of fused-ring (bicyclic) bond motifs is 5. The van der Waals surface area contributed by atoms with Gasteiger partial charge < -0.3 is 14.5 Å². The third kappa shape index (κ3) is 3.74. The van der Waals surface area contributed by atoms with Crippen molar-refractivity contribution < 1.29 is 4.74 Å². The molecular weight excluding hydrogens is 438 g/mol. The van der Waals surface area contributed by atoms with Gasteiger partial charge in [-0.2, -0.15) is 0 Å². The van der Waals surface area contributed by atoms with Crippen molar-refractivity contribution in [2.75, 3.05) is 57.9 Å². The highest BCUT2D eigenvalue weighted by Gasteiger charge is 2.40. The Morgan fingerprint density at radius 1 is 1.00 bits per heavy atom. The van der Waals surface area contributed by atoms with E-state index in [-0.39, 0.29) is 6.17 Å². The molecule has 3 aromatic rings.